The van der Waals surface area contributed by atoms with Crippen LogP contribution < -0.4 is 5.32 Å². The number of halogens is 1. The number of aromatic nitrogens is 2. The van der Waals surface area contributed by atoms with Gasteiger partial charge in [0.25, 0.3) is 0 Å². The molecule has 2 aromatic rings. The van der Waals surface area contributed by atoms with E-state index in [1.54, 1.807) is 0 Å². The molecule has 22 heavy (non-hydrogen) atoms. The van der Waals surface area contributed by atoms with Gasteiger partial charge in [-0.2, -0.15) is 0 Å². The lowest BCUT2D eigenvalue weighted by atomic mass is 9.96. The SMILES string of the molecule is CCc1nccn1CC(C)NCC1(c2ccc(Cl)cc2)CC1. The number of hydrogen-bond acceptors (Lipinski definition) is 2. The summed E-state index contributed by atoms with van der Waals surface area (Å²) in [7, 11) is 0. The Labute approximate surface area is 137 Å². The highest BCUT2D eigenvalue weighted by atomic mass is 35.5. The molecule has 0 bridgehead atoms. The van der Waals surface area contributed by atoms with Crippen LogP contribution in [-0.4, -0.2) is 22.1 Å². The van der Waals surface area contributed by atoms with Crippen molar-refractivity contribution in [3.05, 3.63) is 53.1 Å². The van der Waals surface area contributed by atoms with Crippen molar-refractivity contribution in [3.63, 3.8) is 0 Å². The van der Waals surface area contributed by atoms with Crippen LogP contribution in [0, 0.1) is 0 Å². The maximum absolute atomic E-state index is 5.99. The van der Waals surface area contributed by atoms with E-state index in [9.17, 15) is 0 Å². The quantitative estimate of drug-likeness (QED) is 0.841. The smallest absolute Gasteiger partial charge is 0.108 e. The van der Waals surface area contributed by atoms with Gasteiger partial charge in [0.05, 0.1) is 0 Å². The first-order valence-electron chi connectivity index (χ1n) is 8.12. The molecule has 4 heteroatoms. The largest absolute Gasteiger partial charge is 0.333 e. The second-order valence-electron chi connectivity index (χ2n) is 6.42. The van der Waals surface area contributed by atoms with Crippen molar-refractivity contribution in [1.82, 2.24) is 14.9 Å². The second kappa shape index (κ2) is 6.43. The van der Waals surface area contributed by atoms with Crippen LogP contribution in [0.25, 0.3) is 0 Å². The Morgan fingerprint density at radius 2 is 2.05 bits per heavy atom. The van der Waals surface area contributed by atoms with E-state index in [2.05, 4.69) is 47.0 Å². The van der Waals surface area contributed by atoms with E-state index in [0.29, 0.717) is 11.5 Å². The number of nitrogens with one attached hydrogen (secondary N) is 1. The van der Waals surface area contributed by atoms with Gasteiger partial charge in [0.15, 0.2) is 0 Å². The van der Waals surface area contributed by atoms with Crippen LogP contribution in [0.15, 0.2) is 36.7 Å². The maximum Gasteiger partial charge on any atom is 0.108 e. The van der Waals surface area contributed by atoms with Crippen molar-refractivity contribution in [2.45, 2.75) is 51.1 Å². The molecular weight excluding hydrogens is 294 g/mol. The van der Waals surface area contributed by atoms with Crippen molar-refractivity contribution >= 4 is 11.6 Å². The summed E-state index contributed by atoms with van der Waals surface area (Å²) in [6, 6.07) is 8.78. The summed E-state index contributed by atoms with van der Waals surface area (Å²) in [6.07, 6.45) is 7.47. The van der Waals surface area contributed by atoms with Crippen molar-refractivity contribution in [1.29, 1.82) is 0 Å². The van der Waals surface area contributed by atoms with Crippen molar-refractivity contribution in [3.8, 4) is 0 Å². The molecule has 0 spiro atoms. The molecule has 0 radical (unpaired) electrons. The number of nitrogens with zero attached hydrogens (tertiary/aromatic N) is 2. The zero-order valence-electron chi connectivity index (χ0n) is 13.3. The number of aryl methyl sites for hydroxylation is 1. The molecule has 1 N–H and O–H groups in total. The lowest BCUT2D eigenvalue weighted by Gasteiger charge is -2.21. The van der Waals surface area contributed by atoms with Crippen LogP contribution in [0.3, 0.4) is 0 Å². The van der Waals surface area contributed by atoms with Crippen LogP contribution in [0.1, 0.15) is 38.1 Å². The molecule has 0 aliphatic heterocycles. The van der Waals surface area contributed by atoms with E-state index in [1.807, 2.05) is 18.3 Å². The Bertz CT molecular complexity index is 614. The zero-order valence-corrected chi connectivity index (χ0v) is 14.1. The molecule has 1 saturated carbocycles. The van der Waals surface area contributed by atoms with Gasteiger partial charge in [-0.3, -0.25) is 0 Å². The van der Waals surface area contributed by atoms with Crippen molar-refractivity contribution in [2.24, 2.45) is 0 Å². The predicted molar refractivity (Wildman–Crippen MR) is 91.4 cm³/mol. The Kier molecular flexibility index (Phi) is 4.55. The fourth-order valence-corrected chi connectivity index (χ4v) is 3.20. The number of hydrogen-bond donors (Lipinski definition) is 1. The molecule has 3 nitrogen and oxygen atoms in total. The standard InChI is InChI=1S/C18H24ClN3/c1-3-17-20-10-11-22(17)12-14(2)21-13-18(8-9-18)15-4-6-16(19)7-5-15/h4-7,10-11,14,21H,3,8-9,12-13H2,1-2H3. The minimum atomic E-state index is 0.321. The highest BCUT2D eigenvalue weighted by Gasteiger charge is 2.43. The molecule has 1 aromatic carbocycles. The van der Waals surface area contributed by atoms with Gasteiger partial charge in [-0.05, 0) is 37.5 Å². The van der Waals surface area contributed by atoms with Gasteiger partial charge in [0.2, 0.25) is 0 Å². The molecule has 118 valence electrons. The zero-order chi connectivity index (χ0) is 15.6. The first kappa shape index (κ1) is 15.6. The summed E-state index contributed by atoms with van der Waals surface area (Å²) < 4.78 is 2.25. The Morgan fingerprint density at radius 3 is 2.68 bits per heavy atom. The maximum atomic E-state index is 5.99. The molecule has 1 atom stereocenters. The highest BCUT2D eigenvalue weighted by molar-refractivity contribution is 6.30. The lowest BCUT2D eigenvalue weighted by molar-refractivity contribution is 0.442. The Hall–Kier alpha value is -1.32. The number of benzene rings is 1. The van der Waals surface area contributed by atoms with Crippen LogP contribution in [0.2, 0.25) is 5.02 Å². The molecule has 1 aliphatic carbocycles. The van der Waals surface area contributed by atoms with Crippen LogP contribution in [0.4, 0.5) is 0 Å². The molecule has 1 unspecified atom stereocenters. The normalized spacial score (nSPS) is 17.4. The summed E-state index contributed by atoms with van der Waals surface area (Å²) in [6.45, 7) is 6.40. The molecule has 1 fully saturated rings. The predicted octanol–water partition coefficient (Wildman–Crippen LogP) is 3.81. The van der Waals surface area contributed by atoms with Gasteiger partial charge in [-0.15, -0.1) is 0 Å². The van der Waals surface area contributed by atoms with Crippen LogP contribution in [0.5, 0.6) is 0 Å². The third-order valence-corrected chi connectivity index (χ3v) is 4.94. The minimum Gasteiger partial charge on any atom is -0.333 e. The molecule has 0 saturated heterocycles. The van der Waals surface area contributed by atoms with E-state index in [0.717, 1.165) is 30.4 Å². The van der Waals surface area contributed by atoms with E-state index in [4.69, 9.17) is 11.6 Å². The third-order valence-electron chi connectivity index (χ3n) is 4.69. The topological polar surface area (TPSA) is 29.9 Å². The summed E-state index contributed by atoms with van der Waals surface area (Å²) >= 11 is 5.99. The average Bonchev–Trinajstić information content (AvgIpc) is 3.18. The number of rotatable bonds is 7. The fraction of sp³-hybridized carbons (Fsp3) is 0.500. The van der Waals surface area contributed by atoms with Gasteiger partial charge >= 0.3 is 0 Å². The number of imidazole rings is 1. The molecular formula is C18H24ClN3. The Balaban J connectivity index is 1.57. The summed E-state index contributed by atoms with van der Waals surface area (Å²) in [4.78, 5) is 4.39. The minimum absolute atomic E-state index is 0.321. The van der Waals surface area contributed by atoms with E-state index in [-0.39, 0.29) is 0 Å². The third kappa shape index (κ3) is 3.36. The van der Waals surface area contributed by atoms with Gasteiger partial charge < -0.3 is 9.88 Å². The Morgan fingerprint density at radius 1 is 1.32 bits per heavy atom. The van der Waals surface area contributed by atoms with E-state index in [1.165, 1.54) is 18.4 Å². The first-order valence-corrected chi connectivity index (χ1v) is 8.50. The van der Waals surface area contributed by atoms with Crippen LogP contribution >= 0.6 is 11.6 Å². The van der Waals surface area contributed by atoms with E-state index >= 15 is 0 Å². The lowest BCUT2D eigenvalue weighted by Crippen LogP contribution is -2.36. The van der Waals surface area contributed by atoms with Crippen LogP contribution in [-0.2, 0) is 18.4 Å². The van der Waals surface area contributed by atoms with Gasteiger partial charge in [0.1, 0.15) is 5.82 Å². The van der Waals surface area contributed by atoms with Gasteiger partial charge in [-0.1, -0.05) is 30.7 Å². The molecule has 3 rings (SSSR count). The van der Waals surface area contributed by atoms with Crippen molar-refractivity contribution in [2.75, 3.05) is 6.54 Å². The summed E-state index contributed by atoms with van der Waals surface area (Å²) in [5.74, 6) is 1.16. The molecule has 1 aliphatic rings. The molecule has 1 aromatic heterocycles. The van der Waals surface area contributed by atoms with Gasteiger partial charge in [-0.25, -0.2) is 4.98 Å². The van der Waals surface area contributed by atoms with Gasteiger partial charge in [0, 0.05) is 48.4 Å². The first-order chi connectivity index (χ1) is 10.6. The highest BCUT2D eigenvalue weighted by Crippen LogP contribution is 2.47. The van der Waals surface area contributed by atoms with Crippen molar-refractivity contribution < 1.29 is 0 Å². The van der Waals surface area contributed by atoms with E-state index < -0.39 is 0 Å². The molecule has 0 amide bonds. The monoisotopic (exact) mass is 317 g/mol. The average molecular weight is 318 g/mol. The molecule has 1 heterocycles. The summed E-state index contributed by atoms with van der Waals surface area (Å²) in [5, 5.41) is 4.52. The summed E-state index contributed by atoms with van der Waals surface area (Å²) in [5.41, 5.74) is 1.73. The second-order valence-corrected chi connectivity index (χ2v) is 6.85. The fourth-order valence-electron chi connectivity index (χ4n) is 3.07.